The van der Waals surface area contributed by atoms with Gasteiger partial charge in [-0.15, -0.1) is 35.9 Å². The molecule has 0 saturated carbocycles. The first-order chi connectivity index (χ1) is 34.9. The number of nitrogens with zero attached hydrogens (tertiary/aromatic N) is 3. The maximum atomic E-state index is 5.11. The zero-order chi connectivity index (χ0) is 49.7. The zero-order valence-corrected chi connectivity index (χ0v) is 49.2. The van der Waals surface area contributed by atoms with Crippen molar-refractivity contribution in [1.29, 1.82) is 0 Å². The maximum absolute atomic E-state index is 5.11. The average molecular weight is 1240 g/mol. The van der Waals surface area contributed by atoms with E-state index < -0.39 is 26.5 Å². The van der Waals surface area contributed by atoms with Crippen molar-refractivity contribution >= 4 is 35.3 Å². The number of rotatable bonds is 15. The van der Waals surface area contributed by atoms with Crippen LogP contribution in [0.2, 0.25) is 34.5 Å². The van der Waals surface area contributed by atoms with Crippen molar-refractivity contribution in [2.75, 3.05) is 0 Å². The normalized spacial score (nSPS) is 11.5. The fraction of sp³-hybridized carbons (Fsp3) is 0.149. The Morgan fingerprint density at radius 2 is 0.836 bits per heavy atom. The predicted molar refractivity (Wildman–Crippen MR) is 308 cm³/mol. The molecule has 0 fully saturated rings. The Morgan fingerprint density at radius 3 is 1.34 bits per heavy atom. The minimum absolute atomic E-state index is 0. The van der Waals surface area contributed by atoms with Gasteiger partial charge in [-0.05, 0) is 44.6 Å². The van der Waals surface area contributed by atoms with Crippen LogP contribution in [0.15, 0.2) is 207 Å². The van der Waals surface area contributed by atoms with Gasteiger partial charge in [-0.3, -0.25) is 0 Å². The molecule has 3 nitrogen and oxygen atoms in total. The van der Waals surface area contributed by atoms with Crippen LogP contribution in [0.4, 0.5) is 0 Å². The number of pyridine rings is 3. The van der Waals surface area contributed by atoms with Gasteiger partial charge in [-0.2, -0.15) is 0 Å². The molecule has 10 rings (SSSR count). The summed E-state index contributed by atoms with van der Waals surface area (Å²) in [6.07, 6.45) is 9.69. The van der Waals surface area contributed by atoms with Gasteiger partial charge in [0.25, 0.3) is 0 Å². The number of benzene rings is 7. The first kappa shape index (κ1) is 51.6. The molecule has 0 aliphatic rings. The Bertz CT molecular complexity index is 3290. The van der Waals surface area contributed by atoms with Gasteiger partial charge in [0.1, 0.15) is 0 Å². The van der Waals surface area contributed by atoms with E-state index in [1.54, 1.807) is 0 Å². The third-order valence-electron chi connectivity index (χ3n) is 13.7. The summed E-state index contributed by atoms with van der Waals surface area (Å²) in [4.78, 5) is 15.0. The van der Waals surface area contributed by atoms with Crippen molar-refractivity contribution in [3.8, 4) is 78.3 Å². The SMILES string of the molecule is [CH3][Ge]([CH3])([CH3])[c]1c[c-]c(-c2ccc(CCc3cc(CCc4ccc(-c5[c-]c[c]([Ge]([CH3])([CH3])[CH3])cc5)nc4)cc(-c4ccccc4-c4cnc(-c5[c-]cccc5)cc4-c4ccc(-c5ccccc5)cc4)c3)cn2)cc1.[Ir+3]. The van der Waals surface area contributed by atoms with Gasteiger partial charge in [0.2, 0.25) is 0 Å². The molecule has 0 spiro atoms. The second kappa shape index (κ2) is 22.9. The molecule has 0 bridgehead atoms. The topological polar surface area (TPSA) is 38.7 Å². The molecule has 0 aliphatic heterocycles. The summed E-state index contributed by atoms with van der Waals surface area (Å²) in [6.45, 7) is 0. The van der Waals surface area contributed by atoms with Crippen LogP contribution < -0.4 is 8.79 Å². The molecular formula is C67H60Ge2IrN3. The molecule has 0 amide bonds. The maximum Gasteiger partial charge on any atom is 3.00 e. The monoisotopic (exact) mass is 1250 g/mol. The molecule has 3 heterocycles. The Morgan fingerprint density at radius 1 is 0.342 bits per heavy atom. The smallest absolute Gasteiger partial charge is 3.00 e. The van der Waals surface area contributed by atoms with Crippen molar-refractivity contribution in [3.63, 3.8) is 0 Å². The summed E-state index contributed by atoms with van der Waals surface area (Å²) >= 11 is -3.85. The van der Waals surface area contributed by atoms with Crippen LogP contribution in [-0.2, 0) is 45.8 Å². The Hall–Kier alpha value is -6.27. The summed E-state index contributed by atoms with van der Waals surface area (Å²) in [5, 5.41) is 0. The molecule has 0 N–H and O–H groups in total. The molecule has 0 atom stereocenters. The molecule has 6 heteroatoms. The van der Waals surface area contributed by atoms with E-state index in [0.29, 0.717) is 0 Å². The van der Waals surface area contributed by atoms with E-state index in [0.717, 1.165) is 81.7 Å². The Balaban J connectivity index is 0.00000656. The molecule has 0 unspecified atom stereocenters. The van der Waals surface area contributed by atoms with Gasteiger partial charge >= 0.3 is 274 Å². The zero-order valence-electron chi connectivity index (χ0n) is 42.6. The fourth-order valence-electron chi connectivity index (χ4n) is 9.40. The van der Waals surface area contributed by atoms with Crippen molar-refractivity contribution in [1.82, 2.24) is 15.0 Å². The van der Waals surface area contributed by atoms with E-state index in [4.69, 9.17) is 15.0 Å². The predicted octanol–water partition coefficient (Wildman–Crippen LogP) is 15.6. The largest absolute Gasteiger partial charge is 3.00 e. The number of hydrogen-bond donors (Lipinski definition) is 0. The summed E-state index contributed by atoms with van der Waals surface area (Å²) in [5.41, 5.74) is 20.2. The van der Waals surface area contributed by atoms with Gasteiger partial charge in [-0.1, -0.05) is 84.9 Å². The molecule has 10 aromatic rings. The summed E-state index contributed by atoms with van der Waals surface area (Å²) < 4.78 is 2.91. The third kappa shape index (κ3) is 12.6. The fourth-order valence-corrected chi connectivity index (χ4v) is 14.0. The Kier molecular flexibility index (Phi) is 16.2. The van der Waals surface area contributed by atoms with E-state index in [9.17, 15) is 0 Å². The van der Waals surface area contributed by atoms with Crippen molar-refractivity contribution < 1.29 is 20.1 Å². The van der Waals surface area contributed by atoms with E-state index in [-0.39, 0.29) is 20.1 Å². The second-order valence-corrected chi connectivity index (χ2v) is 42.3. The van der Waals surface area contributed by atoms with Gasteiger partial charge < -0.3 is 4.98 Å². The van der Waals surface area contributed by atoms with Gasteiger partial charge in [0, 0.05) is 11.8 Å². The minimum atomic E-state index is -1.92. The van der Waals surface area contributed by atoms with E-state index in [1.807, 2.05) is 30.6 Å². The average Bonchev–Trinajstić information content (AvgIpc) is 3.42. The molecule has 0 aliphatic carbocycles. The van der Waals surface area contributed by atoms with Crippen molar-refractivity contribution in [3.05, 3.63) is 247 Å². The minimum Gasteiger partial charge on any atom is 3.00 e. The molecule has 7 aromatic carbocycles. The first-order valence-electron chi connectivity index (χ1n) is 25.2. The van der Waals surface area contributed by atoms with Gasteiger partial charge in [-0.25, -0.2) is 0 Å². The number of aryl methyl sites for hydroxylation is 4. The van der Waals surface area contributed by atoms with Crippen LogP contribution in [0.5, 0.6) is 0 Å². The quantitative estimate of drug-likeness (QED) is 0.0758. The molecule has 0 saturated heterocycles. The summed E-state index contributed by atoms with van der Waals surface area (Å²) in [7, 11) is 0. The molecule has 360 valence electrons. The van der Waals surface area contributed by atoms with Crippen molar-refractivity contribution in [2.45, 2.75) is 60.2 Å². The van der Waals surface area contributed by atoms with Crippen molar-refractivity contribution in [2.24, 2.45) is 0 Å². The summed E-state index contributed by atoms with van der Waals surface area (Å²) in [5.74, 6) is 14.5. The van der Waals surface area contributed by atoms with E-state index in [1.165, 1.54) is 53.3 Å². The van der Waals surface area contributed by atoms with E-state index >= 15 is 0 Å². The molecule has 3 aromatic heterocycles. The number of hydrogen-bond acceptors (Lipinski definition) is 3. The van der Waals surface area contributed by atoms with Crippen LogP contribution in [0.3, 0.4) is 0 Å². The first-order valence-corrected chi connectivity index (χ1v) is 39.9. The van der Waals surface area contributed by atoms with Crippen LogP contribution in [0.1, 0.15) is 22.3 Å². The van der Waals surface area contributed by atoms with Gasteiger partial charge in [0.05, 0.1) is 0 Å². The Labute approximate surface area is 452 Å². The third-order valence-corrected chi connectivity index (χ3v) is 22.3. The van der Waals surface area contributed by atoms with Crippen LogP contribution in [0.25, 0.3) is 78.3 Å². The molecular weight excluding hydrogens is 1180 g/mol. The van der Waals surface area contributed by atoms with Crippen LogP contribution >= 0.6 is 0 Å². The van der Waals surface area contributed by atoms with E-state index in [2.05, 4.69) is 229 Å². The molecule has 0 radical (unpaired) electrons. The standard InChI is InChI=1S/C67H60Ge2N3.Ir/c1-68(2,3)59-35-31-56(32-36-59)65-39-25-48(45-70-65)21-23-50-41-51(24-22-49-26-40-66(71-46-49)57-33-37-60(38-34-57)69(4,5)6)43-58(42-50)61-19-13-14-20-62(61)64-47-72-67(55-17-11-8-12-18-55)44-63(64)54-29-27-53(28-30-54)52-15-9-7-10-16-52;/h7-17,19-20,25-31,33,35-47H,21-24H2,1-6H3;/q-3;+3. The van der Waals surface area contributed by atoms with Crippen LogP contribution in [0, 0.1) is 18.2 Å². The van der Waals surface area contributed by atoms with Crippen LogP contribution in [-0.4, -0.2) is 41.5 Å². The summed E-state index contributed by atoms with van der Waals surface area (Å²) in [6, 6.07) is 78.4. The molecule has 73 heavy (non-hydrogen) atoms. The number of aromatic nitrogens is 3. The van der Waals surface area contributed by atoms with Gasteiger partial charge in [0.15, 0.2) is 0 Å². The second-order valence-electron chi connectivity index (χ2n) is 21.0.